The van der Waals surface area contributed by atoms with Gasteiger partial charge in [-0.15, -0.1) is 0 Å². The number of aliphatic imine (C=N–C) groups is 2. The van der Waals surface area contributed by atoms with Crippen molar-refractivity contribution in [2.24, 2.45) is 9.98 Å². The van der Waals surface area contributed by atoms with E-state index < -0.39 is 0 Å². The quantitative estimate of drug-likeness (QED) is 0.183. The zero-order chi connectivity index (χ0) is 42.0. The van der Waals surface area contributed by atoms with Crippen LogP contribution < -0.4 is 10.7 Å². The highest BCUT2D eigenvalue weighted by atomic mass is 35.5. The van der Waals surface area contributed by atoms with Gasteiger partial charge in [-0.3, -0.25) is 0 Å². The summed E-state index contributed by atoms with van der Waals surface area (Å²) in [5.41, 5.74) is 16.5. The summed E-state index contributed by atoms with van der Waals surface area (Å²) >= 11 is 26.0. The Morgan fingerprint density at radius 3 is 1.07 bits per heavy atom. The van der Waals surface area contributed by atoms with Gasteiger partial charge >= 0.3 is 0 Å². The summed E-state index contributed by atoms with van der Waals surface area (Å²) in [6.07, 6.45) is 8.46. The fraction of sp³-hybridized carbons (Fsp3) is 0.0741. The van der Waals surface area contributed by atoms with E-state index in [1.165, 1.54) is 5.56 Å². The number of rotatable bonds is 4. The minimum atomic E-state index is -0.0845. The molecular formula is C54H37Cl4N3. The molecule has 0 amide bonds. The Balaban J connectivity index is 1.40. The molecule has 5 aromatic rings. The van der Waals surface area contributed by atoms with Gasteiger partial charge in [0, 0.05) is 53.1 Å². The van der Waals surface area contributed by atoms with Crippen LogP contribution >= 0.6 is 46.4 Å². The minimum absolute atomic E-state index is 0.0845. The fourth-order valence-corrected chi connectivity index (χ4v) is 8.97. The number of nitrogens with zero attached hydrogens (tertiary/aromatic N) is 2. The standard InChI is InChI=1S/C54H37Cl4N3/c1-54(2,3)35-12-22-40-41(23-13-35)43-30-42(40)50(31-4-14-36(55)15-5-31)44-24-26-46(59-44)52(33-8-18-38(57)19-9-33)48-28-29-49(61-48)53(34-10-20-39(58)21-11-34)47-27-25-45(60-47)51(43)32-6-16-37(56)17-7-32/h4-30,61H,1-3H3. The number of hydrogen-bond donors (Lipinski definition) is 1. The third-order valence-corrected chi connectivity index (χ3v) is 12.5. The van der Waals surface area contributed by atoms with Gasteiger partial charge < -0.3 is 4.98 Å². The highest BCUT2D eigenvalue weighted by Crippen LogP contribution is 2.47. The molecule has 0 atom stereocenters. The van der Waals surface area contributed by atoms with Gasteiger partial charge in [0.2, 0.25) is 0 Å². The molecule has 0 radical (unpaired) electrons. The maximum Gasteiger partial charge on any atom is 0.0737 e. The molecule has 3 nitrogen and oxygen atoms in total. The molecule has 296 valence electrons. The zero-order valence-corrected chi connectivity index (χ0v) is 36.5. The molecule has 61 heavy (non-hydrogen) atoms. The molecule has 0 spiro atoms. The number of aromatic amines is 1. The molecule has 0 unspecified atom stereocenters. The first-order chi connectivity index (χ1) is 29.5. The summed E-state index contributed by atoms with van der Waals surface area (Å²) in [5, 5.41) is 4.44. The number of nitrogens with one attached hydrogen (secondary N) is 1. The summed E-state index contributed by atoms with van der Waals surface area (Å²) in [4.78, 5) is 14.8. The van der Waals surface area contributed by atoms with Crippen LogP contribution in [0.2, 0.25) is 20.1 Å². The topological polar surface area (TPSA) is 40.5 Å². The second-order valence-corrected chi connectivity index (χ2v) is 18.2. The van der Waals surface area contributed by atoms with E-state index in [0.717, 1.165) is 100 Å². The number of allylic oxidation sites excluding steroid dienone is 4. The van der Waals surface area contributed by atoms with Crippen molar-refractivity contribution < 1.29 is 0 Å². The number of fused-ring (bicyclic) bond motifs is 9. The van der Waals surface area contributed by atoms with Crippen LogP contribution in [-0.2, 0) is 5.41 Å². The minimum Gasteiger partial charge on any atom is -0.354 e. The van der Waals surface area contributed by atoms with Crippen LogP contribution in [0.5, 0.6) is 0 Å². The predicted molar refractivity (Wildman–Crippen MR) is 258 cm³/mol. The van der Waals surface area contributed by atoms with Crippen molar-refractivity contribution >= 4 is 80.1 Å². The third kappa shape index (κ3) is 7.36. The number of halogens is 4. The van der Waals surface area contributed by atoms with Gasteiger partial charge in [-0.1, -0.05) is 140 Å². The highest BCUT2D eigenvalue weighted by Gasteiger charge is 2.28. The van der Waals surface area contributed by atoms with Crippen LogP contribution in [0.15, 0.2) is 185 Å². The second kappa shape index (κ2) is 15.5. The van der Waals surface area contributed by atoms with Gasteiger partial charge in [-0.25, -0.2) is 9.98 Å². The van der Waals surface area contributed by atoms with Gasteiger partial charge in [-0.05, 0) is 147 Å². The first kappa shape index (κ1) is 39.2. The van der Waals surface area contributed by atoms with E-state index in [4.69, 9.17) is 56.4 Å². The van der Waals surface area contributed by atoms with Crippen LogP contribution in [0, 0.1) is 0 Å². The predicted octanol–water partition coefficient (Wildman–Crippen LogP) is 13.7. The lowest BCUT2D eigenvalue weighted by atomic mass is 9.88. The van der Waals surface area contributed by atoms with Gasteiger partial charge in [0.05, 0.1) is 22.8 Å². The van der Waals surface area contributed by atoms with E-state index in [2.05, 4.69) is 117 Å². The molecule has 4 aromatic carbocycles. The Bertz CT molecular complexity index is 3000. The molecule has 3 aliphatic heterocycles. The smallest absolute Gasteiger partial charge is 0.0737 e. The third-order valence-electron chi connectivity index (χ3n) is 11.5. The number of hydrogen-bond acceptors (Lipinski definition) is 2. The number of H-pyrrole nitrogens is 1. The van der Waals surface area contributed by atoms with Gasteiger partial charge in [-0.2, -0.15) is 0 Å². The first-order valence-corrected chi connectivity index (χ1v) is 21.6. The van der Waals surface area contributed by atoms with Crippen molar-refractivity contribution in [1.82, 2.24) is 4.98 Å². The van der Waals surface area contributed by atoms with Crippen LogP contribution in [0.4, 0.5) is 0 Å². The average Bonchev–Trinajstić information content (AvgIpc) is 4.05. The molecule has 10 rings (SSSR count). The van der Waals surface area contributed by atoms with Crippen molar-refractivity contribution in [3.8, 4) is 11.1 Å². The molecular weight excluding hydrogens is 832 g/mol. The van der Waals surface area contributed by atoms with Crippen molar-refractivity contribution in [3.63, 3.8) is 0 Å². The van der Waals surface area contributed by atoms with Crippen molar-refractivity contribution in [2.45, 2.75) is 26.2 Å². The van der Waals surface area contributed by atoms with Gasteiger partial charge in [0.15, 0.2) is 0 Å². The van der Waals surface area contributed by atoms with E-state index in [-0.39, 0.29) is 5.41 Å². The summed E-state index contributed by atoms with van der Waals surface area (Å²) in [7, 11) is 0. The van der Waals surface area contributed by atoms with Gasteiger partial charge in [0.1, 0.15) is 0 Å². The number of benzene rings is 4. The maximum absolute atomic E-state index is 6.55. The first-order valence-electron chi connectivity index (χ1n) is 20.1. The molecule has 5 aliphatic rings. The molecule has 0 saturated carbocycles. The molecule has 1 N–H and O–H groups in total. The molecule has 0 fully saturated rings. The van der Waals surface area contributed by atoms with E-state index in [1.807, 2.05) is 72.8 Å². The fourth-order valence-electron chi connectivity index (χ4n) is 8.46. The second-order valence-electron chi connectivity index (χ2n) is 16.4. The average molecular weight is 870 g/mol. The van der Waals surface area contributed by atoms with Crippen LogP contribution in [0.1, 0.15) is 59.7 Å². The maximum atomic E-state index is 6.55. The summed E-state index contributed by atoms with van der Waals surface area (Å²) in [6.45, 7) is 6.74. The molecule has 2 aliphatic carbocycles. The molecule has 7 heteroatoms. The Hall–Kier alpha value is -5.94. The lowest BCUT2D eigenvalue weighted by Gasteiger charge is -2.17. The summed E-state index contributed by atoms with van der Waals surface area (Å²) < 4.78 is 0. The molecule has 0 saturated heterocycles. The lowest BCUT2D eigenvalue weighted by Crippen LogP contribution is -2.21. The SMILES string of the molecule is CC(C)(C)c1ccc2c3cc(c-2cc1)C(c1ccc(Cl)cc1)=C1C=CC(=N1)C(c1ccc(Cl)cc1)=c1ccc([nH]1)=C(c1ccc(Cl)cc1)C1=NC(=C3c2ccc(Cl)cc2)C=C1. The normalized spacial score (nSPS) is 15.0. The van der Waals surface area contributed by atoms with E-state index >= 15 is 0 Å². The Morgan fingerprint density at radius 1 is 0.377 bits per heavy atom. The molecule has 8 bridgehead atoms. The van der Waals surface area contributed by atoms with Crippen molar-refractivity contribution in [2.75, 3.05) is 0 Å². The largest absolute Gasteiger partial charge is 0.354 e. The molecule has 4 heterocycles. The zero-order valence-electron chi connectivity index (χ0n) is 33.5. The monoisotopic (exact) mass is 867 g/mol. The van der Waals surface area contributed by atoms with Crippen molar-refractivity contribution in [3.05, 3.63) is 245 Å². The Labute approximate surface area is 375 Å². The van der Waals surface area contributed by atoms with Crippen molar-refractivity contribution in [1.29, 1.82) is 0 Å². The number of aromatic nitrogens is 1. The molecule has 1 aromatic heterocycles. The highest BCUT2D eigenvalue weighted by molar-refractivity contribution is 6.34. The summed E-state index contributed by atoms with van der Waals surface area (Å²) in [5.74, 6) is 0. The van der Waals surface area contributed by atoms with Gasteiger partial charge in [0.25, 0.3) is 0 Å². The van der Waals surface area contributed by atoms with Crippen LogP contribution in [0.25, 0.3) is 33.4 Å². The van der Waals surface area contributed by atoms with E-state index in [1.54, 1.807) is 0 Å². The summed E-state index contributed by atoms with van der Waals surface area (Å²) in [6, 6.07) is 47.5. The lowest BCUT2D eigenvalue weighted by molar-refractivity contribution is 0.591. The van der Waals surface area contributed by atoms with Crippen LogP contribution in [0.3, 0.4) is 0 Å². The Morgan fingerprint density at radius 2 is 0.721 bits per heavy atom. The Kier molecular flexibility index (Phi) is 9.97. The van der Waals surface area contributed by atoms with E-state index in [0.29, 0.717) is 20.1 Å². The van der Waals surface area contributed by atoms with E-state index in [9.17, 15) is 0 Å². The van der Waals surface area contributed by atoms with Crippen LogP contribution in [-0.4, -0.2) is 16.4 Å².